The summed E-state index contributed by atoms with van der Waals surface area (Å²) < 4.78 is 5.38. The van der Waals surface area contributed by atoms with Gasteiger partial charge in [-0.3, -0.25) is 14.5 Å². The molecule has 1 unspecified atom stereocenters. The molecule has 1 amide bonds. The molecule has 0 radical (unpaired) electrons. The van der Waals surface area contributed by atoms with E-state index < -0.39 is 12.0 Å². The monoisotopic (exact) mass is 308 g/mol. The Morgan fingerprint density at radius 3 is 2.50 bits per heavy atom. The quantitative estimate of drug-likeness (QED) is 0.869. The molecule has 1 saturated heterocycles. The Labute approximate surface area is 130 Å². The van der Waals surface area contributed by atoms with Crippen LogP contribution in [0.25, 0.3) is 0 Å². The maximum Gasteiger partial charge on any atom is 0.320 e. The summed E-state index contributed by atoms with van der Waals surface area (Å²) in [5, 5.41) is 12.2. The van der Waals surface area contributed by atoms with E-state index in [9.17, 15) is 14.7 Å². The third-order valence-corrected chi connectivity index (χ3v) is 4.26. The smallest absolute Gasteiger partial charge is 0.320 e. The number of amides is 1. The molecule has 0 bridgehead atoms. The van der Waals surface area contributed by atoms with Crippen LogP contribution in [-0.4, -0.2) is 47.1 Å². The highest BCUT2D eigenvalue weighted by molar-refractivity contribution is 5.95. The summed E-state index contributed by atoms with van der Waals surface area (Å²) in [5.74, 6) is 0.474. The molecule has 22 heavy (non-hydrogen) atoms. The van der Waals surface area contributed by atoms with Crippen molar-refractivity contribution in [1.82, 2.24) is 10.2 Å². The van der Waals surface area contributed by atoms with Gasteiger partial charge < -0.3 is 14.8 Å². The van der Waals surface area contributed by atoms with Crippen LogP contribution in [0.4, 0.5) is 0 Å². The standard InChI is InChI=1S/C16H24N2O4/c1-4-14(16(20)21)18-7-5-12(6-8-18)17-15(19)13-9-10(2)22-11(13)3/h9,12,14H,4-8H2,1-3H3,(H,17,19)(H,20,21). The first-order valence-electron chi connectivity index (χ1n) is 7.77. The molecule has 1 aromatic rings. The predicted molar refractivity (Wildman–Crippen MR) is 82.0 cm³/mol. The molecular formula is C16H24N2O4. The Hall–Kier alpha value is -1.82. The van der Waals surface area contributed by atoms with Gasteiger partial charge in [-0.2, -0.15) is 0 Å². The van der Waals surface area contributed by atoms with Gasteiger partial charge in [0.25, 0.3) is 5.91 Å². The molecule has 1 aromatic heterocycles. The zero-order valence-electron chi connectivity index (χ0n) is 13.4. The van der Waals surface area contributed by atoms with Gasteiger partial charge in [0.15, 0.2) is 0 Å². The van der Waals surface area contributed by atoms with E-state index in [0.717, 1.165) is 18.6 Å². The lowest BCUT2D eigenvalue weighted by atomic mass is 10.0. The van der Waals surface area contributed by atoms with Crippen molar-refractivity contribution in [3.8, 4) is 0 Å². The number of carboxylic acid groups (broad SMARTS) is 1. The third-order valence-electron chi connectivity index (χ3n) is 4.26. The number of carboxylic acids is 1. The minimum atomic E-state index is -0.769. The van der Waals surface area contributed by atoms with Gasteiger partial charge in [0.1, 0.15) is 17.6 Å². The van der Waals surface area contributed by atoms with E-state index in [-0.39, 0.29) is 11.9 Å². The highest BCUT2D eigenvalue weighted by atomic mass is 16.4. The van der Waals surface area contributed by atoms with Crippen molar-refractivity contribution in [3.05, 3.63) is 23.2 Å². The zero-order valence-corrected chi connectivity index (χ0v) is 13.4. The van der Waals surface area contributed by atoms with Crippen molar-refractivity contribution in [1.29, 1.82) is 0 Å². The van der Waals surface area contributed by atoms with E-state index in [0.29, 0.717) is 30.8 Å². The molecule has 1 aliphatic heterocycles. The van der Waals surface area contributed by atoms with E-state index in [4.69, 9.17) is 4.42 Å². The lowest BCUT2D eigenvalue weighted by Gasteiger charge is -2.35. The van der Waals surface area contributed by atoms with Crippen molar-refractivity contribution in [2.45, 2.75) is 52.1 Å². The van der Waals surface area contributed by atoms with Gasteiger partial charge in [-0.1, -0.05) is 6.92 Å². The number of carbonyl (C=O) groups excluding carboxylic acids is 1. The number of carbonyl (C=O) groups is 2. The number of rotatable bonds is 5. The fourth-order valence-corrected chi connectivity index (χ4v) is 3.06. The fourth-order valence-electron chi connectivity index (χ4n) is 3.06. The average molecular weight is 308 g/mol. The Bertz CT molecular complexity index is 544. The Morgan fingerprint density at radius 1 is 1.41 bits per heavy atom. The number of hydrogen-bond donors (Lipinski definition) is 2. The van der Waals surface area contributed by atoms with E-state index in [1.807, 2.05) is 18.7 Å². The molecule has 0 aromatic carbocycles. The second kappa shape index (κ2) is 6.96. The molecule has 1 aliphatic rings. The Kier molecular flexibility index (Phi) is 5.24. The second-order valence-electron chi connectivity index (χ2n) is 5.87. The summed E-state index contributed by atoms with van der Waals surface area (Å²) >= 11 is 0. The zero-order chi connectivity index (χ0) is 16.3. The van der Waals surface area contributed by atoms with Gasteiger partial charge in [-0.05, 0) is 39.2 Å². The topological polar surface area (TPSA) is 82.8 Å². The number of nitrogens with one attached hydrogen (secondary N) is 1. The van der Waals surface area contributed by atoms with Gasteiger partial charge in [0, 0.05) is 19.1 Å². The summed E-state index contributed by atoms with van der Waals surface area (Å²) in [6.45, 7) is 6.87. The molecule has 1 atom stereocenters. The van der Waals surface area contributed by atoms with Crippen LogP contribution >= 0.6 is 0 Å². The number of aryl methyl sites for hydroxylation is 2. The maximum absolute atomic E-state index is 12.2. The minimum absolute atomic E-state index is 0.0876. The minimum Gasteiger partial charge on any atom is -0.480 e. The number of hydrogen-bond acceptors (Lipinski definition) is 4. The largest absolute Gasteiger partial charge is 0.480 e. The Morgan fingerprint density at radius 2 is 2.05 bits per heavy atom. The van der Waals surface area contributed by atoms with E-state index in [1.54, 1.807) is 13.0 Å². The third kappa shape index (κ3) is 3.68. The van der Waals surface area contributed by atoms with Crippen molar-refractivity contribution < 1.29 is 19.1 Å². The molecule has 1 fully saturated rings. The lowest BCUT2D eigenvalue weighted by molar-refractivity contribution is -0.143. The SMILES string of the molecule is CCC(C(=O)O)N1CCC(NC(=O)c2cc(C)oc2C)CC1. The van der Waals surface area contributed by atoms with Gasteiger partial charge in [-0.15, -0.1) is 0 Å². The molecule has 0 spiro atoms. The fraction of sp³-hybridized carbons (Fsp3) is 0.625. The van der Waals surface area contributed by atoms with E-state index >= 15 is 0 Å². The van der Waals surface area contributed by atoms with Gasteiger partial charge >= 0.3 is 5.97 Å². The summed E-state index contributed by atoms with van der Waals surface area (Å²) in [5.41, 5.74) is 0.580. The van der Waals surface area contributed by atoms with Crippen LogP contribution in [0.15, 0.2) is 10.5 Å². The van der Waals surface area contributed by atoms with Crippen LogP contribution in [0.1, 0.15) is 48.1 Å². The highest BCUT2D eigenvalue weighted by Gasteiger charge is 2.29. The first-order valence-corrected chi connectivity index (χ1v) is 7.77. The summed E-state index contributed by atoms with van der Waals surface area (Å²) in [4.78, 5) is 25.4. The summed E-state index contributed by atoms with van der Waals surface area (Å²) in [6.07, 6.45) is 2.14. The molecule has 6 nitrogen and oxygen atoms in total. The molecule has 2 heterocycles. The molecular weight excluding hydrogens is 284 g/mol. The summed E-state index contributed by atoms with van der Waals surface area (Å²) in [6, 6.07) is 1.41. The van der Waals surface area contributed by atoms with Crippen LogP contribution in [-0.2, 0) is 4.79 Å². The Balaban J connectivity index is 1.88. The van der Waals surface area contributed by atoms with Crippen molar-refractivity contribution in [2.75, 3.05) is 13.1 Å². The predicted octanol–water partition coefficient (Wildman–Crippen LogP) is 1.95. The molecule has 122 valence electrons. The number of likely N-dealkylation sites (tertiary alicyclic amines) is 1. The van der Waals surface area contributed by atoms with Gasteiger partial charge in [-0.25, -0.2) is 0 Å². The van der Waals surface area contributed by atoms with Gasteiger partial charge in [0.05, 0.1) is 5.56 Å². The molecule has 6 heteroatoms. The molecule has 0 saturated carbocycles. The summed E-state index contributed by atoms with van der Waals surface area (Å²) in [7, 11) is 0. The van der Waals surface area contributed by atoms with Crippen molar-refractivity contribution in [2.24, 2.45) is 0 Å². The van der Waals surface area contributed by atoms with Crippen LogP contribution in [0.5, 0.6) is 0 Å². The van der Waals surface area contributed by atoms with Crippen LogP contribution < -0.4 is 5.32 Å². The highest BCUT2D eigenvalue weighted by Crippen LogP contribution is 2.18. The van der Waals surface area contributed by atoms with E-state index in [2.05, 4.69) is 5.32 Å². The first-order chi connectivity index (χ1) is 10.4. The van der Waals surface area contributed by atoms with Crippen molar-refractivity contribution in [3.63, 3.8) is 0 Å². The van der Waals surface area contributed by atoms with Crippen LogP contribution in [0, 0.1) is 13.8 Å². The normalized spacial score (nSPS) is 18.1. The van der Waals surface area contributed by atoms with Gasteiger partial charge in [0.2, 0.25) is 0 Å². The molecule has 2 rings (SSSR count). The first kappa shape index (κ1) is 16.5. The maximum atomic E-state index is 12.2. The number of nitrogens with zero attached hydrogens (tertiary/aromatic N) is 1. The van der Waals surface area contributed by atoms with Crippen LogP contribution in [0.2, 0.25) is 0 Å². The molecule has 2 N–H and O–H groups in total. The molecule has 0 aliphatic carbocycles. The number of piperidine rings is 1. The number of furan rings is 1. The van der Waals surface area contributed by atoms with E-state index in [1.165, 1.54) is 0 Å². The number of aliphatic carboxylic acids is 1. The van der Waals surface area contributed by atoms with Crippen LogP contribution in [0.3, 0.4) is 0 Å². The average Bonchev–Trinajstić information content (AvgIpc) is 2.80. The van der Waals surface area contributed by atoms with Crippen molar-refractivity contribution >= 4 is 11.9 Å². The second-order valence-corrected chi connectivity index (χ2v) is 5.87. The lowest BCUT2D eigenvalue weighted by Crippen LogP contribution is -2.50.